The highest BCUT2D eigenvalue weighted by molar-refractivity contribution is 5.40. The molecule has 1 heterocycles. The summed E-state index contributed by atoms with van der Waals surface area (Å²) in [5.74, 6) is 0. The van der Waals surface area contributed by atoms with Crippen molar-refractivity contribution in [2.45, 2.75) is 19.8 Å². The molecule has 2 aromatic rings. The van der Waals surface area contributed by atoms with Gasteiger partial charge in [0, 0.05) is 0 Å². The van der Waals surface area contributed by atoms with Crippen molar-refractivity contribution in [1.82, 2.24) is 20.3 Å². The zero-order valence-corrected chi connectivity index (χ0v) is 10.3. The molecular formula is C13H18N4. The molecule has 90 valence electrons. The highest BCUT2D eigenvalue weighted by Crippen LogP contribution is 2.14. The predicted molar refractivity (Wildman–Crippen MR) is 68.3 cm³/mol. The second-order valence-electron chi connectivity index (χ2n) is 4.13. The molecule has 0 saturated carbocycles. The van der Waals surface area contributed by atoms with Gasteiger partial charge in [-0.15, -0.1) is 5.10 Å². The first-order chi connectivity index (χ1) is 8.33. The third-order valence-corrected chi connectivity index (χ3v) is 2.82. The third-order valence-electron chi connectivity index (χ3n) is 2.82. The van der Waals surface area contributed by atoms with Gasteiger partial charge in [0.05, 0.1) is 17.6 Å². The molecule has 0 spiro atoms. The van der Waals surface area contributed by atoms with E-state index in [1.807, 2.05) is 30.1 Å². The maximum Gasteiger partial charge on any atom is 0.0729 e. The van der Waals surface area contributed by atoms with Gasteiger partial charge in [-0.1, -0.05) is 23.4 Å². The van der Waals surface area contributed by atoms with Gasteiger partial charge in [-0.05, 0) is 45.0 Å². The molecule has 17 heavy (non-hydrogen) atoms. The van der Waals surface area contributed by atoms with Crippen LogP contribution in [0, 0.1) is 6.92 Å². The molecule has 0 fully saturated rings. The number of nitrogens with zero attached hydrogens (tertiary/aromatic N) is 3. The van der Waals surface area contributed by atoms with Gasteiger partial charge in [-0.2, -0.15) is 0 Å². The Labute approximate surface area is 102 Å². The van der Waals surface area contributed by atoms with Crippen molar-refractivity contribution in [2.24, 2.45) is 0 Å². The molecule has 1 aromatic carbocycles. The molecule has 0 aliphatic carbocycles. The van der Waals surface area contributed by atoms with Crippen LogP contribution in [-0.4, -0.2) is 28.6 Å². The van der Waals surface area contributed by atoms with Crippen LogP contribution in [-0.2, 0) is 6.42 Å². The maximum atomic E-state index is 4.17. The van der Waals surface area contributed by atoms with E-state index in [-0.39, 0.29) is 0 Å². The summed E-state index contributed by atoms with van der Waals surface area (Å²) in [5.41, 5.74) is 3.49. The Hall–Kier alpha value is -1.68. The molecule has 0 radical (unpaired) electrons. The molecule has 0 aliphatic rings. The molecule has 0 atom stereocenters. The number of para-hydroxylation sites is 1. The Balaban J connectivity index is 2.22. The summed E-state index contributed by atoms with van der Waals surface area (Å²) in [5, 5.41) is 11.3. The second kappa shape index (κ2) is 5.59. The minimum atomic E-state index is 0.988. The summed E-state index contributed by atoms with van der Waals surface area (Å²) in [4.78, 5) is 0. The Kier molecular flexibility index (Phi) is 3.88. The highest BCUT2D eigenvalue weighted by Gasteiger charge is 2.07. The first-order valence-electron chi connectivity index (χ1n) is 5.93. The summed E-state index contributed by atoms with van der Waals surface area (Å²) in [6.07, 6.45) is 3.93. The zero-order chi connectivity index (χ0) is 12.1. The van der Waals surface area contributed by atoms with E-state index in [4.69, 9.17) is 0 Å². The van der Waals surface area contributed by atoms with E-state index in [1.54, 1.807) is 0 Å². The van der Waals surface area contributed by atoms with Crippen LogP contribution in [0.1, 0.15) is 17.7 Å². The van der Waals surface area contributed by atoms with Crippen LogP contribution in [0.4, 0.5) is 0 Å². The van der Waals surface area contributed by atoms with Gasteiger partial charge in [0.15, 0.2) is 0 Å². The van der Waals surface area contributed by atoms with Crippen LogP contribution in [0.15, 0.2) is 30.5 Å². The van der Waals surface area contributed by atoms with Gasteiger partial charge >= 0.3 is 0 Å². The van der Waals surface area contributed by atoms with Crippen LogP contribution >= 0.6 is 0 Å². The molecule has 0 amide bonds. The molecule has 4 nitrogen and oxygen atoms in total. The number of hydrogen-bond acceptors (Lipinski definition) is 3. The molecule has 0 unspecified atom stereocenters. The Bertz CT molecular complexity index is 476. The summed E-state index contributed by atoms with van der Waals surface area (Å²) >= 11 is 0. The number of aromatic nitrogens is 3. The molecule has 0 saturated heterocycles. The number of nitrogens with one attached hydrogen (secondary N) is 1. The third kappa shape index (κ3) is 2.71. The van der Waals surface area contributed by atoms with E-state index in [0.29, 0.717) is 0 Å². The maximum absolute atomic E-state index is 4.17. The van der Waals surface area contributed by atoms with E-state index in [0.717, 1.165) is 30.8 Å². The average Bonchev–Trinajstić information content (AvgIpc) is 2.78. The van der Waals surface area contributed by atoms with Gasteiger partial charge in [-0.25, -0.2) is 4.68 Å². The smallest absolute Gasteiger partial charge is 0.0729 e. The van der Waals surface area contributed by atoms with Crippen molar-refractivity contribution in [3.63, 3.8) is 0 Å². The summed E-state index contributed by atoms with van der Waals surface area (Å²) in [6.45, 7) is 3.10. The Morgan fingerprint density at radius 1 is 1.29 bits per heavy atom. The summed E-state index contributed by atoms with van der Waals surface area (Å²) in [7, 11) is 1.97. The van der Waals surface area contributed by atoms with Crippen molar-refractivity contribution >= 4 is 0 Å². The molecule has 0 bridgehead atoms. The van der Waals surface area contributed by atoms with E-state index in [9.17, 15) is 0 Å². The molecule has 1 N–H and O–H groups in total. The van der Waals surface area contributed by atoms with Crippen LogP contribution in [0.3, 0.4) is 0 Å². The first kappa shape index (κ1) is 11.8. The lowest BCUT2D eigenvalue weighted by atomic mass is 10.2. The number of aryl methyl sites for hydroxylation is 2. The highest BCUT2D eigenvalue weighted by atomic mass is 15.4. The van der Waals surface area contributed by atoms with E-state index in [1.165, 1.54) is 5.56 Å². The van der Waals surface area contributed by atoms with E-state index in [2.05, 4.69) is 34.7 Å². The average molecular weight is 230 g/mol. The lowest BCUT2D eigenvalue weighted by Gasteiger charge is -2.08. The molecule has 4 heteroatoms. The topological polar surface area (TPSA) is 42.7 Å². The predicted octanol–water partition coefficient (Wildman–Crippen LogP) is 1.73. The largest absolute Gasteiger partial charge is 0.320 e. The van der Waals surface area contributed by atoms with E-state index < -0.39 is 0 Å². The van der Waals surface area contributed by atoms with E-state index >= 15 is 0 Å². The molecule has 0 aliphatic heterocycles. The van der Waals surface area contributed by atoms with Gasteiger partial charge in [0.25, 0.3) is 0 Å². The fourth-order valence-corrected chi connectivity index (χ4v) is 1.88. The summed E-state index contributed by atoms with van der Waals surface area (Å²) < 4.78 is 1.94. The number of rotatable bonds is 5. The van der Waals surface area contributed by atoms with Gasteiger partial charge < -0.3 is 5.32 Å². The minimum Gasteiger partial charge on any atom is -0.320 e. The lowest BCUT2D eigenvalue weighted by Crippen LogP contribution is -2.10. The standard InChI is InChI=1S/C13H18N4/c1-11-6-3-4-8-13(11)17-12(10-15-16-17)7-5-9-14-2/h3-4,6,8,10,14H,5,7,9H2,1-2H3. The van der Waals surface area contributed by atoms with Crippen LogP contribution in [0.2, 0.25) is 0 Å². The van der Waals surface area contributed by atoms with Crippen molar-refractivity contribution in [3.8, 4) is 5.69 Å². The minimum absolute atomic E-state index is 0.988. The Morgan fingerprint density at radius 3 is 2.88 bits per heavy atom. The number of benzene rings is 1. The second-order valence-corrected chi connectivity index (χ2v) is 4.13. The SMILES string of the molecule is CNCCCc1cnnn1-c1ccccc1C. The normalized spacial score (nSPS) is 10.7. The van der Waals surface area contributed by atoms with Crippen molar-refractivity contribution in [1.29, 1.82) is 0 Å². The molecule has 1 aromatic heterocycles. The first-order valence-corrected chi connectivity index (χ1v) is 5.93. The van der Waals surface area contributed by atoms with Gasteiger partial charge in [0.2, 0.25) is 0 Å². The monoisotopic (exact) mass is 230 g/mol. The fourth-order valence-electron chi connectivity index (χ4n) is 1.88. The molecule has 2 rings (SSSR count). The van der Waals surface area contributed by atoms with Crippen LogP contribution in [0.25, 0.3) is 5.69 Å². The molecular weight excluding hydrogens is 212 g/mol. The van der Waals surface area contributed by atoms with Gasteiger partial charge in [-0.3, -0.25) is 0 Å². The quantitative estimate of drug-likeness (QED) is 0.795. The zero-order valence-electron chi connectivity index (χ0n) is 10.3. The van der Waals surface area contributed by atoms with Crippen LogP contribution < -0.4 is 5.32 Å². The van der Waals surface area contributed by atoms with Crippen molar-refractivity contribution in [2.75, 3.05) is 13.6 Å². The Morgan fingerprint density at radius 2 is 2.12 bits per heavy atom. The van der Waals surface area contributed by atoms with Crippen molar-refractivity contribution in [3.05, 3.63) is 41.7 Å². The van der Waals surface area contributed by atoms with Gasteiger partial charge in [0.1, 0.15) is 0 Å². The van der Waals surface area contributed by atoms with Crippen molar-refractivity contribution < 1.29 is 0 Å². The van der Waals surface area contributed by atoms with Crippen LogP contribution in [0.5, 0.6) is 0 Å². The lowest BCUT2D eigenvalue weighted by molar-refractivity contribution is 0.686. The fraction of sp³-hybridized carbons (Fsp3) is 0.385. The summed E-state index contributed by atoms with van der Waals surface area (Å²) in [6, 6.07) is 8.23. The number of hydrogen-bond donors (Lipinski definition) is 1.